The number of hydrogen-bond donors (Lipinski definition) is 2. The average Bonchev–Trinajstić information content (AvgIpc) is 2.61. The molecule has 1 aliphatic heterocycles. The van der Waals surface area contributed by atoms with Crippen LogP contribution in [-0.2, 0) is 24.2 Å². The number of hydrogen-bond acceptors (Lipinski definition) is 7. The number of methoxy groups -OCH3 is 1. The minimum absolute atomic E-state index is 0.0297. The second-order valence-corrected chi connectivity index (χ2v) is 8.31. The number of sulfone groups is 1. The first-order valence-corrected chi connectivity index (χ1v) is 9.08. The Morgan fingerprint density at radius 3 is 2.65 bits per heavy atom. The number of thioether (sulfide) groups is 1. The molecular formula is C11H20N2O5S2. The van der Waals surface area contributed by atoms with E-state index in [1.807, 2.05) is 0 Å². The van der Waals surface area contributed by atoms with E-state index in [1.54, 1.807) is 6.92 Å². The van der Waals surface area contributed by atoms with E-state index in [0.29, 0.717) is 6.42 Å². The number of amides is 1. The molecule has 9 heteroatoms. The summed E-state index contributed by atoms with van der Waals surface area (Å²) < 4.78 is 27.3. The first kappa shape index (κ1) is 17.3. The van der Waals surface area contributed by atoms with E-state index in [1.165, 1.54) is 18.9 Å². The van der Waals surface area contributed by atoms with Gasteiger partial charge in [-0.1, -0.05) is 0 Å². The van der Waals surface area contributed by atoms with Gasteiger partial charge in [-0.05, 0) is 13.3 Å². The molecule has 1 fully saturated rings. The summed E-state index contributed by atoms with van der Waals surface area (Å²) in [6.07, 6.45) is 0.424. The molecule has 0 aromatic rings. The minimum atomic E-state index is -3.05. The van der Waals surface area contributed by atoms with Gasteiger partial charge in [0.15, 0.2) is 9.84 Å². The SMILES string of the molecule is COC(=O)C(N)CSCC(=O)NC1(C)CCS(=O)(=O)C1. The molecular weight excluding hydrogens is 304 g/mol. The Morgan fingerprint density at radius 2 is 2.15 bits per heavy atom. The molecule has 1 amide bonds. The zero-order valence-corrected chi connectivity index (χ0v) is 13.2. The summed E-state index contributed by atoms with van der Waals surface area (Å²) in [6, 6.07) is -0.764. The van der Waals surface area contributed by atoms with Crippen LogP contribution in [-0.4, -0.2) is 62.0 Å². The minimum Gasteiger partial charge on any atom is -0.468 e. The molecule has 0 spiro atoms. The van der Waals surface area contributed by atoms with Gasteiger partial charge in [-0.3, -0.25) is 9.59 Å². The van der Waals surface area contributed by atoms with E-state index in [-0.39, 0.29) is 28.9 Å². The third kappa shape index (κ3) is 5.29. The van der Waals surface area contributed by atoms with Crippen molar-refractivity contribution < 1.29 is 22.7 Å². The predicted octanol–water partition coefficient (Wildman–Crippen LogP) is -1.09. The van der Waals surface area contributed by atoms with Crippen molar-refractivity contribution >= 4 is 33.5 Å². The lowest BCUT2D eigenvalue weighted by Gasteiger charge is -2.23. The predicted molar refractivity (Wildman–Crippen MR) is 77.1 cm³/mol. The van der Waals surface area contributed by atoms with E-state index in [4.69, 9.17) is 5.73 Å². The number of nitrogens with one attached hydrogen (secondary N) is 1. The lowest BCUT2D eigenvalue weighted by atomic mass is 10.0. The fourth-order valence-electron chi connectivity index (χ4n) is 1.98. The van der Waals surface area contributed by atoms with E-state index in [0.717, 1.165) is 0 Å². The molecule has 0 aromatic heterocycles. The van der Waals surface area contributed by atoms with Gasteiger partial charge in [-0.15, -0.1) is 11.8 Å². The summed E-state index contributed by atoms with van der Waals surface area (Å²) in [5.41, 5.74) is 4.84. The summed E-state index contributed by atoms with van der Waals surface area (Å²) >= 11 is 1.21. The summed E-state index contributed by atoms with van der Waals surface area (Å²) in [6.45, 7) is 1.72. The normalized spacial score (nSPS) is 25.9. The number of carbonyl (C=O) groups excluding carboxylic acids is 2. The molecule has 0 bridgehead atoms. The molecule has 116 valence electrons. The van der Waals surface area contributed by atoms with E-state index in [2.05, 4.69) is 10.1 Å². The number of ether oxygens (including phenoxy) is 1. The lowest BCUT2D eigenvalue weighted by molar-refractivity contribution is -0.141. The van der Waals surface area contributed by atoms with Crippen LogP contribution in [0.5, 0.6) is 0 Å². The average molecular weight is 324 g/mol. The first-order valence-electron chi connectivity index (χ1n) is 6.10. The Hall–Kier alpha value is -0.800. The summed E-state index contributed by atoms with van der Waals surface area (Å²) in [5, 5.41) is 2.73. The van der Waals surface area contributed by atoms with E-state index >= 15 is 0 Å². The second-order valence-electron chi connectivity index (χ2n) is 5.10. The van der Waals surface area contributed by atoms with Crippen LogP contribution in [0.25, 0.3) is 0 Å². The van der Waals surface area contributed by atoms with Crippen molar-refractivity contribution in [3.05, 3.63) is 0 Å². The molecule has 2 atom stereocenters. The van der Waals surface area contributed by atoms with Gasteiger partial charge >= 0.3 is 5.97 Å². The first-order chi connectivity index (χ1) is 9.17. The Labute approximate surface area is 122 Å². The van der Waals surface area contributed by atoms with Gasteiger partial charge in [-0.25, -0.2) is 8.42 Å². The van der Waals surface area contributed by atoms with Crippen molar-refractivity contribution in [1.82, 2.24) is 5.32 Å². The molecule has 1 aliphatic rings. The van der Waals surface area contributed by atoms with Crippen LogP contribution in [0.1, 0.15) is 13.3 Å². The maximum Gasteiger partial charge on any atom is 0.323 e. The van der Waals surface area contributed by atoms with E-state index < -0.39 is 27.4 Å². The van der Waals surface area contributed by atoms with Crippen molar-refractivity contribution in [3.8, 4) is 0 Å². The topological polar surface area (TPSA) is 116 Å². The highest BCUT2D eigenvalue weighted by atomic mass is 32.2. The van der Waals surface area contributed by atoms with Crippen LogP contribution in [0.15, 0.2) is 0 Å². The standard InChI is InChI=1S/C11H20N2O5S2/c1-11(3-4-20(16,17)7-11)13-9(14)6-19-5-8(12)10(15)18-2/h8H,3-7,12H2,1-2H3,(H,13,14). The van der Waals surface area contributed by atoms with Crippen LogP contribution in [0, 0.1) is 0 Å². The van der Waals surface area contributed by atoms with Crippen LogP contribution < -0.4 is 11.1 Å². The van der Waals surface area contributed by atoms with Crippen molar-refractivity contribution in [2.75, 3.05) is 30.1 Å². The van der Waals surface area contributed by atoms with Crippen LogP contribution in [0.3, 0.4) is 0 Å². The molecule has 0 saturated carbocycles. The Balaban J connectivity index is 2.33. The molecule has 0 aliphatic carbocycles. The van der Waals surface area contributed by atoms with Crippen molar-refractivity contribution in [3.63, 3.8) is 0 Å². The Kier molecular flexibility index (Phi) is 5.84. The van der Waals surface area contributed by atoms with Crippen molar-refractivity contribution in [2.45, 2.75) is 24.9 Å². The van der Waals surface area contributed by atoms with Crippen molar-refractivity contribution in [1.29, 1.82) is 0 Å². The summed E-state index contributed by atoms with van der Waals surface area (Å²) in [5.74, 6) is -0.309. The maximum absolute atomic E-state index is 11.8. The van der Waals surface area contributed by atoms with E-state index in [9.17, 15) is 18.0 Å². The van der Waals surface area contributed by atoms with Gasteiger partial charge in [0.25, 0.3) is 0 Å². The smallest absolute Gasteiger partial charge is 0.323 e. The molecule has 0 radical (unpaired) electrons. The third-order valence-electron chi connectivity index (χ3n) is 2.98. The maximum atomic E-state index is 11.8. The molecule has 1 rings (SSSR count). The van der Waals surface area contributed by atoms with Gasteiger partial charge in [-0.2, -0.15) is 0 Å². The number of esters is 1. The summed E-state index contributed by atoms with van der Waals surface area (Å²) in [7, 11) is -1.80. The zero-order valence-electron chi connectivity index (χ0n) is 11.5. The molecule has 20 heavy (non-hydrogen) atoms. The highest BCUT2D eigenvalue weighted by molar-refractivity contribution is 8.00. The van der Waals surface area contributed by atoms with Gasteiger partial charge in [0.1, 0.15) is 6.04 Å². The second kappa shape index (κ2) is 6.77. The number of nitrogens with two attached hydrogens (primary N) is 1. The van der Waals surface area contributed by atoms with Gasteiger partial charge < -0.3 is 15.8 Å². The molecule has 0 aromatic carbocycles. The molecule has 7 nitrogen and oxygen atoms in total. The number of rotatable bonds is 6. The highest BCUT2D eigenvalue weighted by Gasteiger charge is 2.39. The Bertz CT molecular complexity index is 479. The van der Waals surface area contributed by atoms with Gasteiger partial charge in [0, 0.05) is 5.75 Å². The largest absolute Gasteiger partial charge is 0.468 e. The molecule has 2 unspecified atom stereocenters. The monoisotopic (exact) mass is 324 g/mol. The van der Waals surface area contributed by atoms with Gasteiger partial charge in [0.2, 0.25) is 5.91 Å². The quantitative estimate of drug-likeness (QED) is 0.597. The van der Waals surface area contributed by atoms with Gasteiger partial charge in [0.05, 0.1) is 29.9 Å². The van der Waals surface area contributed by atoms with Crippen LogP contribution >= 0.6 is 11.8 Å². The lowest BCUT2D eigenvalue weighted by Crippen LogP contribution is -2.47. The number of carbonyl (C=O) groups is 2. The fraction of sp³-hybridized carbons (Fsp3) is 0.818. The summed E-state index contributed by atoms with van der Waals surface area (Å²) in [4.78, 5) is 22.8. The van der Waals surface area contributed by atoms with Crippen molar-refractivity contribution in [2.24, 2.45) is 5.73 Å². The molecule has 1 heterocycles. The molecule has 3 N–H and O–H groups in total. The van der Waals surface area contributed by atoms with Crippen LogP contribution in [0.4, 0.5) is 0 Å². The Morgan fingerprint density at radius 1 is 1.50 bits per heavy atom. The fourth-order valence-corrected chi connectivity index (χ4v) is 4.84. The van der Waals surface area contributed by atoms with Crippen LogP contribution in [0.2, 0.25) is 0 Å². The molecule has 1 saturated heterocycles. The third-order valence-corrected chi connectivity index (χ3v) is 5.94. The zero-order chi connectivity index (χ0) is 15.4. The highest BCUT2D eigenvalue weighted by Crippen LogP contribution is 2.22.